The van der Waals surface area contributed by atoms with Gasteiger partial charge >= 0.3 is 13.6 Å². The first kappa shape index (κ1) is 11.5. The van der Waals surface area contributed by atoms with Crippen LogP contribution in [0.2, 0.25) is 0 Å². The van der Waals surface area contributed by atoms with Gasteiger partial charge in [-0.25, -0.2) is 4.79 Å². The lowest BCUT2D eigenvalue weighted by Crippen LogP contribution is -2.39. The monoisotopic (exact) mass is 201 g/mol. The minimum atomic E-state index is -4.56. The molecule has 0 heterocycles. The molecule has 8 nitrogen and oxygen atoms in total. The van der Waals surface area contributed by atoms with E-state index in [1.807, 2.05) is 0 Å². The quantitative estimate of drug-likeness (QED) is 0.204. The van der Waals surface area contributed by atoms with E-state index < -0.39 is 26.1 Å². The molecule has 0 rings (SSSR count). The Morgan fingerprint density at radius 2 is 1.92 bits per heavy atom. The van der Waals surface area contributed by atoms with Crippen LogP contribution in [0.25, 0.3) is 0 Å². The molecule has 0 bridgehead atoms. The van der Waals surface area contributed by atoms with Gasteiger partial charge in [0, 0.05) is 0 Å². The average molecular weight is 201 g/mol. The van der Waals surface area contributed by atoms with Crippen molar-refractivity contribution in [1.82, 2.24) is 5.06 Å². The van der Waals surface area contributed by atoms with Crippen molar-refractivity contribution < 1.29 is 34.6 Å². The Balaban J connectivity index is 4.13. The van der Waals surface area contributed by atoms with Crippen molar-refractivity contribution >= 4 is 13.6 Å². The van der Waals surface area contributed by atoms with Crippen molar-refractivity contribution in [1.29, 1.82) is 0 Å². The fourth-order valence-corrected chi connectivity index (χ4v) is 0.926. The van der Waals surface area contributed by atoms with Crippen molar-refractivity contribution in [3.05, 3.63) is 0 Å². The Morgan fingerprint density at radius 1 is 1.50 bits per heavy atom. The number of hydrogen-bond donors (Lipinski definition) is 5. The molecule has 0 aromatic heterocycles. The first-order valence-electron chi connectivity index (χ1n) is 2.65. The number of carbonyl (C=O) groups is 1. The molecule has 0 aromatic carbocycles. The first-order valence-corrected chi connectivity index (χ1v) is 4.45. The van der Waals surface area contributed by atoms with Crippen LogP contribution in [0.4, 0.5) is 0 Å². The molecule has 5 N–H and O–H groups in total. The first-order chi connectivity index (χ1) is 5.24. The average Bonchev–Trinajstić information content (AvgIpc) is 1.82. The summed E-state index contributed by atoms with van der Waals surface area (Å²) in [5.74, 6) is -1.80. The second-order valence-electron chi connectivity index (χ2n) is 1.96. The summed E-state index contributed by atoms with van der Waals surface area (Å²) < 4.78 is 10.2. The number of aliphatic hydroxyl groups excluding tert-OH is 1. The smallest absolute Gasteiger partial charge is 0.350 e. The zero-order valence-corrected chi connectivity index (χ0v) is 6.63. The molecule has 0 aliphatic rings. The summed E-state index contributed by atoms with van der Waals surface area (Å²) >= 11 is 0. The van der Waals surface area contributed by atoms with Crippen LogP contribution < -0.4 is 0 Å². The molecule has 1 unspecified atom stereocenters. The van der Waals surface area contributed by atoms with E-state index >= 15 is 0 Å². The molecule has 0 spiro atoms. The number of hydrogen-bond acceptors (Lipinski definition) is 5. The fourth-order valence-electron chi connectivity index (χ4n) is 0.394. The lowest BCUT2D eigenvalue weighted by Gasteiger charge is -2.17. The number of aliphatic carboxylic acids is 1. The summed E-state index contributed by atoms with van der Waals surface area (Å²) in [5.41, 5.74) is 0. The third-order valence-corrected chi connectivity index (χ3v) is 1.49. The Hall–Kier alpha value is -0.500. The highest BCUT2D eigenvalue weighted by Crippen LogP contribution is 2.34. The molecule has 0 radical (unpaired) electrons. The lowest BCUT2D eigenvalue weighted by molar-refractivity contribution is -0.205. The van der Waals surface area contributed by atoms with Gasteiger partial charge in [0.1, 0.15) is 6.29 Å². The van der Waals surface area contributed by atoms with Crippen molar-refractivity contribution in [3.63, 3.8) is 0 Å². The van der Waals surface area contributed by atoms with Crippen LogP contribution in [0.5, 0.6) is 0 Å². The molecule has 72 valence electrons. The highest BCUT2D eigenvalue weighted by atomic mass is 31.2. The Morgan fingerprint density at radius 3 is 2.17 bits per heavy atom. The minimum absolute atomic E-state index is 0.358. The fraction of sp³-hybridized carbons (Fsp3) is 0.667. The van der Waals surface area contributed by atoms with Gasteiger partial charge in [0.25, 0.3) is 0 Å². The highest BCUT2D eigenvalue weighted by molar-refractivity contribution is 7.51. The number of carboxylic acids is 1. The normalized spacial score (nSPS) is 14.8. The van der Waals surface area contributed by atoms with Crippen LogP contribution in [0.3, 0.4) is 0 Å². The highest BCUT2D eigenvalue weighted by Gasteiger charge is 2.27. The maximum Gasteiger partial charge on any atom is 0.350 e. The van der Waals surface area contributed by atoms with E-state index in [9.17, 15) is 9.36 Å². The lowest BCUT2D eigenvalue weighted by atomic mass is 10.6. The maximum atomic E-state index is 10.2. The summed E-state index contributed by atoms with van der Waals surface area (Å²) in [5, 5.41) is 24.7. The van der Waals surface area contributed by atoms with Gasteiger partial charge in [-0.1, -0.05) is 0 Å². The van der Waals surface area contributed by atoms with Crippen molar-refractivity contribution in [2.24, 2.45) is 0 Å². The van der Waals surface area contributed by atoms with Crippen LogP contribution in [-0.4, -0.2) is 48.8 Å². The van der Waals surface area contributed by atoms with Crippen LogP contribution in [0.1, 0.15) is 0 Å². The molecule has 0 fully saturated rings. The van der Waals surface area contributed by atoms with E-state index in [0.717, 1.165) is 0 Å². The predicted octanol–water partition coefficient (Wildman–Crippen LogP) is -1.78. The minimum Gasteiger partial charge on any atom is -0.478 e. The van der Waals surface area contributed by atoms with Crippen LogP contribution in [0, 0.1) is 0 Å². The molecule has 0 amide bonds. The molecule has 0 aliphatic heterocycles. The van der Waals surface area contributed by atoms with E-state index in [0.29, 0.717) is 0 Å². The molecule has 0 saturated carbocycles. The number of hydroxylamine groups is 2. The number of rotatable bonds is 4. The standard InChI is InChI=1S/C3H8NO7P/c5-2(3(6)7)4(8)1-12(9,10)11/h2,5,8H,1H2,(H,6,7)(H2,9,10,11). The number of nitrogens with zero attached hydrogens (tertiary/aromatic N) is 1. The van der Waals surface area contributed by atoms with Gasteiger partial charge in [-0.2, -0.15) is 0 Å². The SMILES string of the molecule is O=C(O)C(O)N(O)CP(=O)(O)O. The molecule has 1 atom stereocenters. The van der Waals surface area contributed by atoms with Gasteiger partial charge in [-0.15, -0.1) is 5.06 Å². The van der Waals surface area contributed by atoms with E-state index in [1.165, 1.54) is 0 Å². The maximum absolute atomic E-state index is 10.2. The van der Waals surface area contributed by atoms with E-state index in [2.05, 4.69) is 0 Å². The van der Waals surface area contributed by atoms with E-state index in [-0.39, 0.29) is 5.06 Å². The Kier molecular flexibility index (Phi) is 3.78. The molecule has 9 heteroatoms. The summed E-state index contributed by atoms with van der Waals surface area (Å²) in [7, 11) is -4.56. The Labute approximate surface area is 66.8 Å². The molecule has 0 aromatic rings. The van der Waals surface area contributed by atoms with Gasteiger partial charge in [0.15, 0.2) is 0 Å². The Bertz CT molecular complexity index is 211. The van der Waals surface area contributed by atoms with Gasteiger partial charge in [-0.3, -0.25) is 4.57 Å². The molecular formula is C3H8NO7P. The second-order valence-corrected chi connectivity index (χ2v) is 3.57. The van der Waals surface area contributed by atoms with Crippen LogP contribution in [0.15, 0.2) is 0 Å². The third kappa shape index (κ3) is 4.39. The van der Waals surface area contributed by atoms with Crippen molar-refractivity contribution in [2.75, 3.05) is 6.29 Å². The largest absolute Gasteiger partial charge is 0.478 e. The number of aliphatic hydroxyl groups is 1. The number of carboxylic acid groups (broad SMARTS) is 1. The molecular weight excluding hydrogens is 193 g/mol. The topological polar surface area (TPSA) is 139 Å². The summed E-state index contributed by atoms with van der Waals surface area (Å²) in [6.45, 7) is 0. The van der Waals surface area contributed by atoms with Gasteiger partial charge in [0.2, 0.25) is 6.23 Å². The third-order valence-electron chi connectivity index (χ3n) is 0.832. The van der Waals surface area contributed by atoms with Crippen molar-refractivity contribution in [2.45, 2.75) is 6.23 Å². The molecule has 0 saturated heterocycles. The molecule has 12 heavy (non-hydrogen) atoms. The van der Waals surface area contributed by atoms with Gasteiger partial charge in [0.05, 0.1) is 0 Å². The van der Waals surface area contributed by atoms with Crippen LogP contribution in [-0.2, 0) is 9.36 Å². The van der Waals surface area contributed by atoms with E-state index in [4.69, 9.17) is 25.2 Å². The second kappa shape index (κ2) is 3.94. The molecule has 0 aliphatic carbocycles. The van der Waals surface area contributed by atoms with Crippen molar-refractivity contribution in [3.8, 4) is 0 Å². The zero-order chi connectivity index (χ0) is 9.94. The van der Waals surface area contributed by atoms with Gasteiger partial charge in [-0.05, 0) is 0 Å². The summed E-state index contributed by atoms with van der Waals surface area (Å²) in [6, 6.07) is 0. The summed E-state index contributed by atoms with van der Waals surface area (Å²) in [6.07, 6.45) is -3.57. The van der Waals surface area contributed by atoms with Gasteiger partial charge < -0.3 is 25.2 Å². The zero-order valence-electron chi connectivity index (χ0n) is 5.73. The summed E-state index contributed by atoms with van der Waals surface area (Å²) in [4.78, 5) is 26.4. The predicted molar refractivity (Wildman–Crippen MR) is 34.2 cm³/mol. The van der Waals surface area contributed by atoms with E-state index in [1.54, 1.807) is 0 Å². The van der Waals surface area contributed by atoms with Crippen LogP contribution >= 0.6 is 7.60 Å².